The van der Waals surface area contributed by atoms with E-state index >= 15 is 0 Å². The maximum absolute atomic E-state index is 12.9. The van der Waals surface area contributed by atoms with Crippen LogP contribution in [0.2, 0.25) is 5.02 Å². The van der Waals surface area contributed by atoms with Gasteiger partial charge in [0.15, 0.2) is 0 Å². The van der Waals surface area contributed by atoms with E-state index in [9.17, 15) is 13.2 Å². The molecule has 0 bridgehead atoms. The molecule has 6 nitrogen and oxygen atoms in total. The van der Waals surface area contributed by atoms with Gasteiger partial charge in [0.2, 0.25) is 10.0 Å². The van der Waals surface area contributed by atoms with E-state index in [2.05, 4.69) is 22.0 Å². The van der Waals surface area contributed by atoms with Crippen LogP contribution < -0.4 is 10.0 Å². The topological polar surface area (TPSA) is 78.5 Å². The van der Waals surface area contributed by atoms with Gasteiger partial charge in [0, 0.05) is 11.7 Å². The van der Waals surface area contributed by atoms with Crippen LogP contribution in [0.1, 0.15) is 41.3 Å². The van der Waals surface area contributed by atoms with Crippen molar-refractivity contribution >= 4 is 45.6 Å². The smallest absolute Gasteiger partial charge is 0.257 e. The predicted octanol–water partition coefficient (Wildman–Crippen LogP) is 4.64. The molecule has 0 radical (unpaired) electrons. The third kappa shape index (κ3) is 6.23. The summed E-state index contributed by atoms with van der Waals surface area (Å²) in [5.41, 5.74) is 2.39. The first-order valence-electron chi connectivity index (χ1n) is 10.5. The van der Waals surface area contributed by atoms with E-state index in [1.165, 1.54) is 6.07 Å². The summed E-state index contributed by atoms with van der Waals surface area (Å²) >= 11 is 6.18. The number of hydrogen-bond acceptors (Lipinski definition) is 4. The molecule has 1 atom stereocenters. The molecular formula is C23H31Cl2N3O3S. The van der Waals surface area contributed by atoms with E-state index in [4.69, 9.17) is 11.6 Å². The Balaban J connectivity index is 0.00000363. The van der Waals surface area contributed by atoms with Gasteiger partial charge >= 0.3 is 0 Å². The van der Waals surface area contributed by atoms with Gasteiger partial charge in [-0.15, -0.1) is 12.4 Å². The highest BCUT2D eigenvalue weighted by Gasteiger charge is 2.27. The maximum Gasteiger partial charge on any atom is 0.257 e. The Morgan fingerprint density at radius 3 is 2.38 bits per heavy atom. The molecule has 1 aliphatic heterocycles. The second-order valence-electron chi connectivity index (χ2n) is 8.41. The number of nitrogens with zero attached hydrogens (tertiary/aromatic N) is 1. The minimum Gasteiger partial charge on any atom is -0.322 e. The lowest BCUT2D eigenvalue weighted by molar-refractivity contribution is 0.102. The number of sulfonamides is 1. The average molecular weight is 500 g/mol. The van der Waals surface area contributed by atoms with Crippen LogP contribution in [-0.2, 0) is 10.0 Å². The molecular weight excluding hydrogens is 469 g/mol. The summed E-state index contributed by atoms with van der Waals surface area (Å²) in [6.45, 7) is 7.49. The third-order valence-corrected chi connectivity index (χ3v) is 7.89. The fraction of sp³-hybridized carbons (Fsp3) is 0.435. The van der Waals surface area contributed by atoms with Crippen LogP contribution >= 0.6 is 24.0 Å². The second-order valence-corrected chi connectivity index (χ2v) is 10.5. The normalized spacial score (nSPS) is 16.3. The van der Waals surface area contributed by atoms with E-state index in [0.29, 0.717) is 27.8 Å². The van der Waals surface area contributed by atoms with Gasteiger partial charge < -0.3 is 10.2 Å². The number of anilines is 1. The van der Waals surface area contributed by atoms with Crippen LogP contribution in [0, 0.1) is 19.8 Å². The van der Waals surface area contributed by atoms with Crippen molar-refractivity contribution in [2.75, 3.05) is 25.5 Å². The van der Waals surface area contributed by atoms with Gasteiger partial charge in [-0.1, -0.05) is 23.7 Å². The van der Waals surface area contributed by atoms with Crippen LogP contribution in [-0.4, -0.2) is 45.4 Å². The Morgan fingerprint density at radius 1 is 1.12 bits per heavy atom. The molecule has 1 unspecified atom stereocenters. The van der Waals surface area contributed by atoms with Crippen molar-refractivity contribution in [3.63, 3.8) is 0 Å². The summed E-state index contributed by atoms with van der Waals surface area (Å²) in [4.78, 5) is 15.2. The second kappa shape index (κ2) is 11.0. The first-order chi connectivity index (χ1) is 14.6. The molecule has 1 aliphatic rings. The first-order valence-corrected chi connectivity index (χ1v) is 12.3. The third-order valence-electron chi connectivity index (χ3n) is 6.02. The summed E-state index contributed by atoms with van der Waals surface area (Å²) in [7, 11) is -1.57. The van der Waals surface area contributed by atoms with Crippen LogP contribution in [0.5, 0.6) is 0 Å². The Morgan fingerprint density at radius 2 is 1.78 bits per heavy atom. The van der Waals surface area contributed by atoms with E-state index in [1.54, 1.807) is 31.2 Å². The van der Waals surface area contributed by atoms with Gasteiger partial charge in [0.05, 0.1) is 15.5 Å². The van der Waals surface area contributed by atoms with E-state index in [-0.39, 0.29) is 29.3 Å². The summed E-state index contributed by atoms with van der Waals surface area (Å²) < 4.78 is 28.7. The predicted molar refractivity (Wildman–Crippen MR) is 133 cm³/mol. The molecule has 2 aromatic carbocycles. The number of piperidine rings is 1. The van der Waals surface area contributed by atoms with Crippen LogP contribution in [0.4, 0.5) is 5.69 Å². The van der Waals surface area contributed by atoms with Gasteiger partial charge in [-0.05, 0) is 95.1 Å². The molecule has 0 spiro atoms. The molecule has 1 fully saturated rings. The molecule has 9 heteroatoms. The number of carbonyl (C=O) groups is 1. The van der Waals surface area contributed by atoms with Gasteiger partial charge in [0.25, 0.3) is 5.91 Å². The Labute approximate surface area is 202 Å². The molecule has 0 aromatic heterocycles. The fourth-order valence-corrected chi connectivity index (χ4v) is 5.69. The molecule has 1 amide bonds. The van der Waals surface area contributed by atoms with Crippen molar-refractivity contribution in [3.05, 3.63) is 58.1 Å². The zero-order chi connectivity index (χ0) is 22.8. The number of nitrogens with one attached hydrogen (secondary N) is 2. The number of likely N-dealkylation sites (tertiary alicyclic amines) is 1. The van der Waals surface area contributed by atoms with Gasteiger partial charge in [-0.3, -0.25) is 4.79 Å². The van der Waals surface area contributed by atoms with Crippen molar-refractivity contribution in [1.29, 1.82) is 0 Å². The molecule has 0 aliphatic carbocycles. The molecule has 176 valence electrons. The van der Waals surface area contributed by atoms with Crippen molar-refractivity contribution in [2.24, 2.45) is 5.92 Å². The molecule has 2 aromatic rings. The largest absolute Gasteiger partial charge is 0.322 e. The van der Waals surface area contributed by atoms with E-state index in [1.807, 2.05) is 19.9 Å². The number of amides is 1. The summed E-state index contributed by atoms with van der Waals surface area (Å²) in [6.07, 6.45) is 1.96. The molecule has 3 rings (SSSR count). The van der Waals surface area contributed by atoms with Crippen LogP contribution in [0.25, 0.3) is 0 Å². The number of hydrogen-bond donors (Lipinski definition) is 2. The molecule has 32 heavy (non-hydrogen) atoms. The van der Waals surface area contributed by atoms with Crippen LogP contribution in [0.15, 0.2) is 41.3 Å². The van der Waals surface area contributed by atoms with E-state index < -0.39 is 10.0 Å². The number of aryl methyl sites for hydroxylation is 2. The lowest BCUT2D eigenvalue weighted by Gasteiger charge is -2.32. The van der Waals surface area contributed by atoms with Gasteiger partial charge in [-0.2, -0.15) is 0 Å². The summed E-state index contributed by atoms with van der Waals surface area (Å²) in [5.74, 6) is 0.000291. The standard InChI is InChI=1S/C23H30ClN3O3S.ClH/c1-15-6-5-7-20(24)22(15)23(28)25-21-9-8-19(14-16(21)2)31(29,30)26-17(3)18-10-12-27(4)13-11-18;/h5-9,14,17-18,26H,10-13H2,1-4H3,(H,25,28);1H. The summed E-state index contributed by atoms with van der Waals surface area (Å²) in [6, 6.07) is 9.86. The first kappa shape index (κ1) is 26.6. The van der Waals surface area contributed by atoms with Crippen molar-refractivity contribution in [1.82, 2.24) is 9.62 Å². The average Bonchev–Trinajstić information content (AvgIpc) is 2.69. The van der Waals surface area contributed by atoms with Crippen LogP contribution in [0.3, 0.4) is 0 Å². The number of carbonyl (C=O) groups excluding carboxylic acids is 1. The van der Waals surface area contributed by atoms with Gasteiger partial charge in [0.1, 0.15) is 0 Å². The monoisotopic (exact) mass is 499 g/mol. The highest BCUT2D eigenvalue weighted by Crippen LogP contribution is 2.25. The van der Waals surface area contributed by atoms with Crippen molar-refractivity contribution < 1.29 is 13.2 Å². The van der Waals surface area contributed by atoms with E-state index in [0.717, 1.165) is 31.5 Å². The minimum absolute atomic E-state index is 0. The fourth-order valence-electron chi connectivity index (χ4n) is 3.99. The number of halogens is 2. The zero-order valence-corrected chi connectivity index (χ0v) is 21.2. The van der Waals surface area contributed by atoms with Crippen molar-refractivity contribution in [2.45, 2.75) is 44.6 Å². The zero-order valence-electron chi connectivity index (χ0n) is 18.8. The van der Waals surface area contributed by atoms with Crippen molar-refractivity contribution in [3.8, 4) is 0 Å². The Hall–Kier alpha value is -1.64. The quantitative estimate of drug-likeness (QED) is 0.606. The number of rotatable bonds is 6. The minimum atomic E-state index is -3.65. The Kier molecular flexibility index (Phi) is 9.14. The SMILES string of the molecule is Cc1cc(S(=O)(=O)NC(C)C2CCN(C)CC2)ccc1NC(=O)c1c(C)cccc1Cl.Cl. The lowest BCUT2D eigenvalue weighted by Crippen LogP contribution is -2.42. The van der Waals surface area contributed by atoms with Gasteiger partial charge in [-0.25, -0.2) is 13.1 Å². The molecule has 1 saturated heterocycles. The molecule has 0 saturated carbocycles. The highest BCUT2D eigenvalue weighted by atomic mass is 35.5. The molecule has 2 N–H and O–H groups in total. The Bertz CT molecular complexity index is 1050. The summed E-state index contributed by atoms with van der Waals surface area (Å²) in [5, 5.41) is 3.22. The maximum atomic E-state index is 12.9. The molecule has 1 heterocycles. The highest BCUT2D eigenvalue weighted by molar-refractivity contribution is 7.89. The lowest BCUT2D eigenvalue weighted by atomic mass is 9.91. The number of benzene rings is 2.